The zero-order valence-corrected chi connectivity index (χ0v) is 13.7. The number of hydrogen-bond acceptors (Lipinski definition) is 5. The second-order valence-corrected chi connectivity index (χ2v) is 6.32. The molecule has 0 atom stereocenters. The van der Waals surface area contributed by atoms with Crippen LogP contribution >= 0.6 is 11.3 Å². The summed E-state index contributed by atoms with van der Waals surface area (Å²) in [4.78, 5) is 30.2. The Morgan fingerprint density at radius 3 is 2.87 bits per heavy atom. The molecule has 3 rings (SSSR count). The first kappa shape index (κ1) is 15.5. The summed E-state index contributed by atoms with van der Waals surface area (Å²) in [5.41, 5.74) is 0.719. The molecule has 1 fully saturated rings. The van der Waals surface area contributed by atoms with Gasteiger partial charge in [0.05, 0.1) is 5.69 Å². The third-order valence-corrected chi connectivity index (χ3v) is 4.59. The topological polar surface area (TPSA) is 79.3 Å². The standard InChI is InChI=1S/C15H19N5O2S/c1-19-8-5-16-13(14(19)21)20-6-2-11(3-7-20)17-15(22)18-12-4-9-23-10-12/h4-5,8-11H,2-3,6-7H2,1H3,(H2,17,18,22). The average molecular weight is 333 g/mol. The number of rotatable bonds is 3. The average Bonchev–Trinajstić information content (AvgIpc) is 3.04. The number of nitrogens with one attached hydrogen (secondary N) is 2. The van der Waals surface area contributed by atoms with Gasteiger partial charge in [-0.2, -0.15) is 11.3 Å². The molecule has 2 N–H and O–H groups in total. The SMILES string of the molecule is Cn1ccnc(N2CCC(NC(=O)Nc3ccsc3)CC2)c1=O. The summed E-state index contributed by atoms with van der Waals surface area (Å²) < 4.78 is 1.53. The molecule has 122 valence electrons. The fourth-order valence-electron chi connectivity index (χ4n) is 2.63. The molecule has 2 amide bonds. The van der Waals surface area contributed by atoms with E-state index in [4.69, 9.17) is 0 Å². The smallest absolute Gasteiger partial charge is 0.319 e. The first-order chi connectivity index (χ1) is 11.1. The highest BCUT2D eigenvalue weighted by atomic mass is 32.1. The Hall–Kier alpha value is -2.35. The van der Waals surface area contributed by atoms with E-state index in [1.165, 1.54) is 4.57 Å². The van der Waals surface area contributed by atoms with Crippen molar-refractivity contribution >= 4 is 28.9 Å². The highest BCUT2D eigenvalue weighted by Crippen LogP contribution is 2.15. The van der Waals surface area contributed by atoms with Crippen LogP contribution in [0.3, 0.4) is 0 Å². The molecule has 0 spiro atoms. The van der Waals surface area contributed by atoms with E-state index in [9.17, 15) is 9.59 Å². The minimum absolute atomic E-state index is 0.0888. The fraction of sp³-hybridized carbons (Fsp3) is 0.400. The first-order valence-corrected chi connectivity index (χ1v) is 8.44. The molecule has 3 heterocycles. The summed E-state index contributed by atoms with van der Waals surface area (Å²) in [6.45, 7) is 1.41. The molecule has 1 aliphatic rings. The number of carbonyl (C=O) groups excluding carboxylic acids is 1. The van der Waals surface area contributed by atoms with Crippen molar-refractivity contribution < 1.29 is 4.79 Å². The van der Waals surface area contributed by atoms with Crippen molar-refractivity contribution in [3.05, 3.63) is 39.6 Å². The highest BCUT2D eigenvalue weighted by Gasteiger charge is 2.23. The summed E-state index contributed by atoms with van der Waals surface area (Å²) in [5, 5.41) is 9.60. The maximum Gasteiger partial charge on any atom is 0.319 e. The third-order valence-electron chi connectivity index (χ3n) is 3.91. The van der Waals surface area contributed by atoms with Crippen molar-refractivity contribution in [2.45, 2.75) is 18.9 Å². The van der Waals surface area contributed by atoms with Crippen LogP contribution in [-0.2, 0) is 7.05 Å². The van der Waals surface area contributed by atoms with E-state index in [1.54, 1.807) is 30.8 Å². The van der Waals surface area contributed by atoms with Gasteiger partial charge in [-0.25, -0.2) is 9.78 Å². The number of aryl methyl sites for hydroxylation is 1. The molecule has 1 aliphatic heterocycles. The normalized spacial score (nSPS) is 15.4. The molecular weight excluding hydrogens is 314 g/mol. The summed E-state index contributed by atoms with van der Waals surface area (Å²) >= 11 is 1.54. The number of aromatic nitrogens is 2. The summed E-state index contributed by atoms with van der Waals surface area (Å²) in [6.07, 6.45) is 4.86. The number of nitrogens with zero attached hydrogens (tertiary/aromatic N) is 3. The molecule has 0 unspecified atom stereocenters. The van der Waals surface area contributed by atoms with Gasteiger partial charge >= 0.3 is 6.03 Å². The molecule has 0 aromatic carbocycles. The van der Waals surface area contributed by atoms with Crippen molar-refractivity contribution in [2.75, 3.05) is 23.3 Å². The van der Waals surface area contributed by atoms with Gasteiger partial charge in [0, 0.05) is 44.0 Å². The summed E-state index contributed by atoms with van der Waals surface area (Å²) in [6, 6.07) is 1.79. The lowest BCUT2D eigenvalue weighted by molar-refractivity contribution is 0.246. The second kappa shape index (κ2) is 6.82. The Morgan fingerprint density at radius 2 is 2.17 bits per heavy atom. The van der Waals surface area contributed by atoms with Crippen LogP contribution < -0.4 is 21.1 Å². The van der Waals surface area contributed by atoms with Gasteiger partial charge in [0.1, 0.15) is 0 Å². The van der Waals surface area contributed by atoms with Crippen LogP contribution in [0.1, 0.15) is 12.8 Å². The molecule has 23 heavy (non-hydrogen) atoms. The molecule has 1 saturated heterocycles. The van der Waals surface area contributed by atoms with E-state index >= 15 is 0 Å². The van der Waals surface area contributed by atoms with Gasteiger partial charge in [-0.05, 0) is 24.3 Å². The number of urea groups is 1. The van der Waals surface area contributed by atoms with Gasteiger partial charge in [-0.15, -0.1) is 0 Å². The zero-order chi connectivity index (χ0) is 16.2. The van der Waals surface area contributed by atoms with Gasteiger partial charge in [-0.3, -0.25) is 4.79 Å². The number of amides is 2. The summed E-state index contributed by atoms with van der Waals surface area (Å²) in [5.74, 6) is 0.483. The number of thiophene rings is 1. The molecule has 0 saturated carbocycles. The van der Waals surface area contributed by atoms with Crippen LogP contribution in [0.25, 0.3) is 0 Å². The van der Waals surface area contributed by atoms with Gasteiger partial charge in [0.15, 0.2) is 5.82 Å². The quantitative estimate of drug-likeness (QED) is 0.895. The van der Waals surface area contributed by atoms with Gasteiger partial charge in [0.2, 0.25) is 0 Å². The van der Waals surface area contributed by atoms with Crippen LogP contribution in [0.2, 0.25) is 0 Å². The molecule has 2 aromatic heterocycles. The lowest BCUT2D eigenvalue weighted by Crippen LogP contribution is -2.47. The Morgan fingerprint density at radius 1 is 1.39 bits per heavy atom. The molecule has 0 aliphatic carbocycles. The minimum atomic E-state index is -0.185. The minimum Gasteiger partial charge on any atom is -0.352 e. The number of carbonyl (C=O) groups is 1. The third kappa shape index (κ3) is 3.70. The van der Waals surface area contributed by atoms with Crippen LogP contribution in [0.4, 0.5) is 16.3 Å². The largest absolute Gasteiger partial charge is 0.352 e. The molecule has 2 aromatic rings. The lowest BCUT2D eigenvalue weighted by Gasteiger charge is -2.32. The van der Waals surface area contributed by atoms with Crippen LogP contribution in [0.15, 0.2) is 34.0 Å². The molecule has 8 heteroatoms. The molecular formula is C15H19N5O2S. The van der Waals surface area contributed by atoms with E-state index in [0.29, 0.717) is 18.9 Å². The predicted octanol–water partition coefficient (Wildman–Crippen LogP) is 1.63. The van der Waals surface area contributed by atoms with E-state index < -0.39 is 0 Å². The maximum absolute atomic E-state index is 12.1. The van der Waals surface area contributed by atoms with Gasteiger partial charge in [-0.1, -0.05) is 0 Å². The van der Waals surface area contributed by atoms with Crippen molar-refractivity contribution in [1.29, 1.82) is 0 Å². The van der Waals surface area contributed by atoms with E-state index in [2.05, 4.69) is 15.6 Å². The van der Waals surface area contributed by atoms with Crippen molar-refractivity contribution in [1.82, 2.24) is 14.9 Å². The maximum atomic E-state index is 12.1. The number of hydrogen-bond donors (Lipinski definition) is 2. The Labute approximate surface area is 138 Å². The summed E-state index contributed by atoms with van der Waals surface area (Å²) in [7, 11) is 1.72. The van der Waals surface area contributed by atoms with Crippen molar-refractivity contribution in [2.24, 2.45) is 7.05 Å². The number of anilines is 2. The Balaban J connectivity index is 1.53. The van der Waals surface area contributed by atoms with Crippen molar-refractivity contribution in [3.63, 3.8) is 0 Å². The number of piperidine rings is 1. The highest BCUT2D eigenvalue weighted by molar-refractivity contribution is 7.08. The van der Waals surface area contributed by atoms with Crippen molar-refractivity contribution in [3.8, 4) is 0 Å². The predicted molar refractivity (Wildman–Crippen MR) is 91.2 cm³/mol. The van der Waals surface area contributed by atoms with E-state index in [-0.39, 0.29) is 17.6 Å². The van der Waals surface area contributed by atoms with Crippen LogP contribution in [0, 0.1) is 0 Å². The fourth-order valence-corrected chi connectivity index (χ4v) is 3.21. The van der Waals surface area contributed by atoms with Crippen LogP contribution in [-0.4, -0.2) is 34.7 Å². The van der Waals surface area contributed by atoms with E-state index in [1.807, 2.05) is 21.7 Å². The molecule has 7 nitrogen and oxygen atoms in total. The first-order valence-electron chi connectivity index (χ1n) is 7.50. The molecule has 0 bridgehead atoms. The van der Waals surface area contributed by atoms with Crippen LogP contribution in [0.5, 0.6) is 0 Å². The van der Waals surface area contributed by atoms with Gasteiger partial charge < -0.3 is 20.1 Å². The second-order valence-electron chi connectivity index (χ2n) is 5.54. The Kier molecular flexibility index (Phi) is 4.61. The van der Waals surface area contributed by atoms with E-state index in [0.717, 1.165) is 18.5 Å². The lowest BCUT2D eigenvalue weighted by atomic mass is 10.1. The molecule has 0 radical (unpaired) electrons. The Bertz CT molecular complexity index is 720. The zero-order valence-electron chi connectivity index (χ0n) is 12.9. The monoisotopic (exact) mass is 333 g/mol. The van der Waals surface area contributed by atoms with Gasteiger partial charge in [0.25, 0.3) is 5.56 Å².